The van der Waals surface area contributed by atoms with Crippen molar-refractivity contribution in [3.8, 4) is 0 Å². The maximum atomic E-state index is 12.9. The highest BCUT2D eigenvalue weighted by Crippen LogP contribution is 2.40. The number of morpholine rings is 1. The first-order chi connectivity index (χ1) is 14.5. The normalized spacial score (nSPS) is 20.2. The Morgan fingerprint density at radius 3 is 2.97 bits per heavy atom. The first-order valence-corrected chi connectivity index (χ1v) is 10.9. The van der Waals surface area contributed by atoms with Gasteiger partial charge in [-0.25, -0.2) is 4.98 Å². The number of anilines is 2. The van der Waals surface area contributed by atoms with Crippen molar-refractivity contribution in [3.05, 3.63) is 35.8 Å². The Bertz CT molecular complexity index is 893. The molecule has 1 unspecified atom stereocenters. The number of nitrogens with one attached hydrogen (secondary N) is 1. The van der Waals surface area contributed by atoms with Crippen LogP contribution in [0.25, 0.3) is 0 Å². The Kier molecular flexibility index (Phi) is 6.06. The quantitative estimate of drug-likeness (QED) is 0.725. The Morgan fingerprint density at radius 1 is 1.43 bits per heavy atom. The third-order valence-corrected chi connectivity index (χ3v) is 6.19. The summed E-state index contributed by atoms with van der Waals surface area (Å²) in [5.41, 5.74) is 2.05. The van der Waals surface area contributed by atoms with Gasteiger partial charge in [-0.3, -0.25) is 9.48 Å². The smallest absolute Gasteiger partial charge is 0.255 e. The Balaban J connectivity index is 1.48. The van der Waals surface area contributed by atoms with Crippen LogP contribution in [0.3, 0.4) is 0 Å². The maximum absolute atomic E-state index is 12.9. The van der Waals surface area contributed by atoms with E-state index in [1.807, 2.05) is 17.7 Å². The van der Waals surface area contributed by atoms with Crippen LogP contribution >= 0.6 is 0 Å². The van der Waals surface area contributed by atoms with Gasteiger partial charge in [-0.05, 0) is 44.7 Å². The van der Waals surface area contributed by atoms with Crippen molar-refractivity contribution < 1.29 is 14.6 Å². The molecule has 1 saturated heterocycles. The first-order valence-electron chi connectivity index (χ1n) is 10.9. The number of hydrogen-bond donors (Lipinski definition) is 2. The summed E-state index contributed by atoms with van der Waals surface area (Å²) < 4.78 is 8.03. The summed E-state index contributed by atoms with van der Waals surface area (Å²) in [4.78, 5) is 19.5. The lowest BCUT2D eigenvalue weighted by Crippen LogP contribution is -2.60. The number of hydrogen-bond acceptors (Lipinski definition) is 6. The third-order valence-electron chi connectivity index (χ3n) is 6.19. The molecule has 162 valence electrons. The van der Waals surface area contributed by atoms with Gasteiger partial charge in [0.25, 0.3) is 5.91 Å². The van der Waals surface area contributed by atoms with Gasteiger partial charge in [0.15, 0.2) is 0 Å². The summed E-state index contributed by atoms with van der Waals surface area (Å²) in [5, 5.41) is 17.0. The van der Waals surface area contributed by atoms with Gasteiger partial charge < -0.3 is 20.1 Å². The highest BCUT2D eigenvalue weighted by molar-refractivity contribution is 6.04. The van der Waals surface area contributed by atoms with Crippen molar-refractivity contribution in [1.82, 2.24) is 14.8 Å². The lowest BCUT2D eigenvalue weighted by molar-refractivity contribution is -0.159. The number of unbranched alkanes of at least 4 members (excludes halogenated alkanes) is 1. The van der Waals surface area contributed by atoms with Gasteiger partial charge >= 0.3 is 0 Å². The molecule has 8 heteroatoms. The maximum Gasteiger partial charge on any atom is 0.255 e. The second-order valence-electron chi connectivity index (χ2n) is 8.42. The largest absolute Gasteiger partial charge is 0.394 e. The minimum absolute atomic E-state index is 0.0142. The minimum atomic E-state index is -0.227. The molecule has 1 spiro atoms. The summed E-state index contributed by atoms with van der Waals surface area (Å²) in [6.07, 6.45) is 8.45. The molecule has 0 bridgehead atoms. The molecule has 1 atom stereocenters. The molecule has 4 rings (SSSR count). The van der Waals surface area contributed by atoms with Crippen LogP contribution in [0.5, 0.6) is 0 Å². The number of ether oxygens (including phenoxy) is 1. The molecule has 1 aliphatic heterocycles. The van der Waals surface area contributed by atoms with E-state index in [1.54, 1.807) is 18.5 Å². The van der Waals surface area contributed by atoms with Gasteiger partial charge in [-0.15, -0.1) is 0 Å². The lowest BCUT2D eigenvalue weighted by atomic mass is 9.78. The number of rotatable bonds is 7. The fraction of sp³-hybridized carbons (Fsp3) is 0.591. The van der Waals surface area contributed by atoms with Crippen LogP contribution in [-0.2, 0) is 11.3 Å². The van der Waals surface area contributed by atoms with Gasteiger partial charge in [-0.2, -0.15) is 5.10 Å². The lowest BCUT2D eigenvalue weighted by Gasteiger charge is -2.51. The van der Waals surface area contributed by atoms with Crippen molar-refractivity contribution in [3.63, 3.8) is 0 Å². The van der Waals surface area contributed by atoms with Crippen LogP contribution in [0.1, 0.15) is 55.1 Å². The van der Waals surface area contributed by atoms with Crippen LogP contribution in [-0.4, -0.2) is 57.2 Å². The summed E-state index contributed by atoms with van der Waals surface area (Å²) >= 11 is 0. The van der Waals surface area contributed by atoms with Crippen molar-refractivity contribution in [2.75, 3.05) is 29.9 Å². The topological polar surface area (TPSA) is 92.5 Å². The molecule has 2 N–H and O–H groups in total. The number of aromatic nitrogens is 3. The summed E-state index contributed by atoms with van der Waals surface area (Å²) in [6, 6.07) is 3.54. The first kappa shape index (κ1) is 20.8. The van der Waals surface area contributed by atoms with Crippen LogP contribution in [0.4, 0.5) is 11.5 Å². The zero-order valence-corrected chi connectivity index (χ0v) is 17.8. The standard InChI is InChI=1S/C22H31N5O3/c1-3-4-10-27-16(2)19(12-24-27)25-21(29)17-6-9-23-20(11-17)26-13-18(14-28)30-22(15-26)7-5-8-22/h6,9,11-12,18,28H,3-5,7-8,10,13-15H2,1-2H3,(H,25,29). The van der Waals surface area contributed by atoms with Gasteiger partial charge in [0.05, 0.1) is 35.9 Å². The van der Waals surface area contributed by atoms with Crippen LogP contribution in [0.2, 0.25) is 0 Å². The molecule has 1 aliphatic carbocycles. The summed E-state index contributed by atoms with van der Waals surface area (Å²) in [6.45, 7) is 6.26. The van der Waals surface area contributed by atoms with Crippen molar-refractivity contribution in [2.45, 2.75) is 64.2 Å². The fourth-order valence-electron chi connectivity index (χ4n) is 4.23. The predicted molar refractivity (Wildman–Crippen MR) is 115 cm³/mol. The van der Waals surface area contributed by atoms with Gasteiger partial charge in [0.2, 0.25) is 0 Å². The molecule has 2 aromatic heterocycles. The molecule has 1 amide bonds. The fourth-order valence-corrected chi connectivity index (χ4v) is 4.23. The van der Waals surface area contributed by atoms with E-state index in [9.17, 15) is 9.90 Å². The average molecular weight is 414 g/mol. The van der Waals surface area contributed by atoms with E-state index in [1.165, 1.54) is 0 Å². The predicted octanol–water partition coefficient (Wildman–Crippen LogP) is 2.76. The average Bonchev–Trinajstić information content (AvgIpc) is 3.10. The van der Waals surface area contributed by atoms with Crippen molar-refractivity contribution in [2.24, 2.45) is 0 Å². The van der Waals surface area contributed by atoms with Gasteiger partial charge in [0.1, 0.15) is 5.82 Å². The highest BCUT2D eigenvalue weighted by Gasteiger charge is 2.45. The monoisotopic (exact) mass is 413 g/mol. The molecule has 2 fully saturated rings. The number of carbonyl (C=O) groups excluding carboxylic acids is 1. The third kappa shape index (κ3) is 4.20. The number of nitrogens with zero attached hydrogens (tertiary/aromatic N) is 4. The molecular formula is C22H31N5O3. The second kappa shape index (κ2) is 8.73. The number of aryl methyl sites for hydroxylation is 1. The summed E-state index contributed by atoms with van der Waals surface area (Å²) in [5.74, 6) is 0.563. The Labute approximate surface area is 177 Å². The molecule has 30 heavy (non-hydrogen) atoms. The van der Waals surface area contributed by atoms with E-state index in [-0.39, 0.29) is 24.2 Å². The molecule has 3 heterocycles. The molecule has 2 aromatic rings. The van der Waals surface area contributed by atoms with Crippen molar-refractivity contribution in [1.29, 1.82) is 0 Å². The number of amides is 1. The van der Waals surface area contributed by atoms with E-state index in [2.05, 4.69) is 27.2 Å². The van der Waals surface area contributed by atoms with E-state index >= 15 is 0 Å². The Morgan fingerprint density at radius 2 is 2.27 bits per heavy atom. The second-order valence-corrected chi connectivity index (χ2v) is 8.42. The minimum Gasteiger partial charge on any atom is -0.394 e. The van der Waals surface area contributed by atoms with Crippen LogP contribution in [0.15, 0.2) is 24.5 Å². The molecular weight excluding hydrogens is 382 g/mol. The number of aliphatic hydroxyl groups is 1. The van der Waals surface area contributed by atoms with Crippen LogP contribution in [0, 0.1) is 6.92 Å². The van der Waals surface area contributed by atoms with E-state index in [4.69, 9.17) is 4.74 Å². The number of aliphatic hydroxyl groups excluding tert-OH is 1. The van der Waals surface area contributed by atoms with E-state index in [0.717, 1.165) is 62.4 Å². The summed E-state index contributed by atoms with van der Waals surface area (Å²) in [7, 11) is 0. The van der Waals surface area contributed by atoms with E-state index < -0.39 is 0 Å². The zero-order chi connectivity index (χ0) is 21.1. The molecule has 2 aliphatic rings. The molecule has 0 aromatic carbocycles. The molecule has 8 nitrogen and oxygen atoms in total. The molecule has 1 saturated carbocycles. The SMILES string of the molecule is CCCCn1ncc(NC(=O)c2ccnc(N3CC(CO)OC4(CCC4)C3)c2)c1C. The Hall–Kier alpha value is -2.45. The van der Waals surface area contributed by atoms with Crippen molar-refractivity contribution >= 4 is 17.4 Å². The van der Waals surface area contributed by atoms with E-state index in [0.29, 0.717) is 12.1 Å². The van der Waals surface area contributed by atoms with Gasteiger partial charge in [-0.1, -0.05) is 13.3 Å². The van der Waals surface area contributed by atoms with Crippen LogP contribution < -0.4 is 10.2 Å². The number of pyridine rings is 1. The molecule has 0 radical (unpaired) electrons. The van der Waals surface area contributed by atoms with Gasteiger partial charge in [0, 0.05) is 31.4 Å². The highest BCUT2D eigenvalue weighted by atomic mass is 16.5. The number of carbonyl (C=O) groups is 1. The zero-order valence-electron chi connectivity index (χ0n) is 17.8.